The first-order chi connectivity index (χ1) is 20.7. The Labute approximate surface area is 259 Å². The van der Waals surface area contributed by atoms with E-state index in [-0.39, 0.29) is 17.6 Å². The van der Waals surface area contributed by atoms with Gasteiger partial charge in [0.05, 0.1) is 18.1 Å². The van der Waals surface area contributed by atoms with E-state index in [9.17, 15) is 9.59 Å². The van der Waals surface area contributed by atoms with Crippen LogP contribution in [0.4, 0.5) is 0 Å². The molecule has 5 nitrogen and oxygen atoms in total. The minimum absolute atomic E-state index is 0.0660. The molecule has 3 saturated carbocycles. The lowest BCUT2D eigenvalue weighted by Crippen LogP contribution is -2.53. The van der Waals surface area contributed by atoms with Crippen LogP contribution in [0.15, 0.2) is 41.5 Å². The highest BCUT2D eigenvalue weighted by atomic mass is 16.5. The normalized spacial score (nSPS) is 42.7. The summed E-state index contributed by atoms with van der Waals surface area (Å²) in [6.45, 7) is 12.5. The fourth-order valence-electron chi connectivity index (χ4n) is 11.4. The second kappa shape index (κ2) is 11.4. The van der Waals surface area contributed by atoms with Crippen LogP contribution in [-0.2, 0) is 20.7 Å². The van der Waals surface area contributed by atoms with E-state index in [1.165, 1.54) is 32.1 Å². The fourth-order valence-corrected chi connectivity index (χ4v) is 11.4. The van der Waals surface area contributed by atoms with Gasteiger partial charge in [-0.15, -0.1) is 0 Å². The number of carbonyl (C=O) groups excluding carboxylic acids is 2. The van der Waals surface area contributed by atoms with E-state index in [4.69, 9.17) is 4.74 Å². The fraction of sp³-hybridized carbons (Fsp3) is 0.737. The van der Waals surface area contributed by atoms with Gasteiger partial charge in [0.1, 0.15) is 5.78 Å². The van der Waals surface area contributed by atoms with Gasteiger partial charge in [-0.25, -0.2) is 0 Å². The van der Waals surface area contributed by atoms with Crippen LogP contribution in [0.5, 0.6) is 0 Å². The minimum Gasteiger partial charge on any atom is -0.369 e. The van der Waals surface area contributed by atoms with E-state index in [1.54, 1.807) is 11.1 Å². The SMILES string of the molecule is CC1=C2C[C@H]3[C@@H](CC[C@@H]4CC(=O)CC[C@@]43C)[C@@H]2CC[C@@]2(C1)O[C@@H]1C[C@H](C)CN(CCNC(=O)Cc3ccccc3)[C@H]1[C@H]2C. The summed E-state index contributed by atoms with van der Waals surface area (Å²) < 4.78 is 7.28. The number of nitrogens with zero attached hydrogens (tertiary/aromatic N) is 1. The Morgan fingerprint density at radius 2 is 1.91 bits per heavy atom. The standard InChI is InChI=1S/C38H54N2O3/c1-24-18-34-36(40(23-24)17-16-39-35(42)19-27-8-6-5-7-9-27)26(3)38(43-34)15-13-30-31-11-10-28-20-29(41)12-14-37(28,4)33(31)21-32(30)25(2)22-38/h5-9,24,26,28,30-31,33-34,36H,10-23H2,1-4H3,(H,39,42)/t24-,26+,28+,30-,31-,33-,34+,36-,37-,38-/m0/s1. The van der Waals surface area contributed by atoms with Crippen LogP contribution in [0, 0.1) is 40.9 Å². The Balaban J connectivity index is 1.04. The number of nitrogens with one attached hydrogen (secondary N) is 1. The number of hydrogen-bond donors (Lipinski definition) is 1. The smallest absolute Gasteiger partial charge is 0.224 e. The molecule has 43 heavy (non-hydrogen) atoms. The van der Waals surface area contributed by atoms with E-state index in [0.29, 0.717) is 53.9 Å². The molecule has 0 unspecified atom stereocenters. The second-order valence-corrected chi connectivity index (χ2v) is 16.0. The lowest BCUT2D eigenvalue weighted by Gasteiger charge is -2.52. The second-order valence-electron chi connectivity index (χ2n) is 16.0. The van der Waals surface area contributed by atoms with Gasteiger partial charge in [0, 0.05) is 44.4 Å². The van der Waals surface area contributed by atoms with E-state index in [0.717, 1.165) is 62.6 Å². The summed E-state index contributed by atoms with van der Waals surface area (Å²) >= 11 is 0. The van der Waals surface area contributed by atoms with E-state index < -0.39 is 0 Å². The molecule has 2 saturated heterocycles. The Morgan fingerprint density at radius 1 is 1.09 bits per heavy atom. The zero-order chi connectivity index (χ0) is 29.9. The van der Waals surface area contributed by atoms with Gasteiger partial charge in [0.2, 0.25) is 5.91 Å². The molecule has 2 heterocycles. The molecule has 1 aromatic carbocycles. The Hall–Kier alpha value is -1.98. The molecule has 0 aromatic heterocycles. The van der Waals surface area contributed by atoms with Gasteiger partial charge >= 0.3 is 0 Å². The number of piperidine rings is 1. The third-order valence-corrected chi connectivity index (χ3v) is 13.6. The molecular formula is C38H54N2O3. The maximum Gasteiger partial charge on any atom is 0.224 e. The molecule has 0 radical (unpaired) electrons. The van der Waals surface area contributed by atoms with E-state index in [2.05, 4.69) is 37.9 Å². The topological polar surface area (TPSA) is 58.6 Å². The van der Waals surface area contributed by atoms with Gasteiger partial charge in [0.15, 0.2) is 0 Å². The zero-order valence-corrected chi connectivity index (χ0v) is 27.1. The predicted octanol–water partition coefficient (Wildman–Crippen LogP) is 6.75. The summed E-state index contributed by atoms with van der Waals surface area (Å²) in [6.07, 6.45) is 12.0. The molecule has 1 spiro atoms. The lowest BCUT2D eigenvalue weighted by atomic mass is 9.52. The number of Topliss-reactive ketones (excluding diaryl/α,β-unsaturated/α-hetero) is 1. The van der Waals surface area contributed by atoms with Crippen LogP contribution in [0.25, 0.3) is 0 Å². The first-order valence-electron chi connectivity index (χ1n) is 17.6. The quantitative estimate of drug-likeness (QED) is 0.388. The van der Waals surface area contributed by atoms with Crippen LogP contribution < -0.4 is 5.32 Å². The van der Waals surface area contributed by atoms with Gasteiger partial charge in [-0.2, -0.15) is 0 Å². The van der Waals surface area contributed by atoms with Crippen molar-refractivity contribution in [2.24, 2.45) is 40.9 Å². The Bertz CT molecular complexity index is 1260. The number of fused-ring (bicyclic) bond motifs is 6. The van der Waals surface area contributed by atoms with Crippen molar-refractivity contribution < 1.29 is 14.3 Å². The molecule has 1 amide bonds. The highest BCUT2D eigenvalue weighted by molar-refractivity contribution is 5.79. The number of rotatable bonds is 5. The maximum atomic E-state index is 12.7. The summed E-state index contributed by atoms with van der Waals surface area (Å²) in [4.78, 5) is 27.7. The van der Waals surface area contributed by atoms with Crippen molar-refractivity contribution in [3.63, 3.8) is 0 Å². The molecule has 1 N–H and O–H groups in total. The molecule has 0 bridgehead atoms. The number of ketones is 1. The molecule has 7 rings (SSSR count). The zero-order valence-electron chi connectivity index (χ0n) is 27.1. The number of hydrogen-bond acceptors (Lipinski definition) is 4. The highest BCUT2D eigenvalue weighted by Gasteiger charge is 2.60. The average molecular weight is 587 g/mol. The first-order valence-corrected chi connectivity index (χ1v) is 17.6. The summed E-state index contributed by atoms with van der Waals surface area (Å²) in [5.74, 6) is 4.59. The molecule has 2 aliphatic heterocycles. The molecular weight excluding hydrogens is 532 g/mol. The van der Waals surface area contributed by atoms with Crippen molar-refractivity contribution in [2.45, 2.75) is 116 Å². The highest BCUT2D eigenvalue weighted by Crippen LogP contribution is 2.65. The molecule has 10 atom stereocenters. The van der Waals surface area contributed by atoms with Crippen molar-refractivity contribution >= 4 is 11.7 Å². The van der Waals surface area contributed by atoms with Crippen molar-refractivity contribution in [3.8, 4) is 0 Å². The summed E-state index contributed by atoms with van der Waals surface area (Å²) in [7, 11) is 0. The van der Waals surface area contributed by atoms with Crippen molar-refractivity contribution in [1.29, 1.82) is 0 Å². The summed E-state index contributed by atoms with van der Waals surface area (Å²) in [6, 6.07) is 10.5. The van der Waals surface area contributed by atoms with Crippen LogP contribution in [0.2, 0.25) is 0 Å². The molecule has 6 aliphatic rings. The first kappa shape index (κ1) is 29.7. The minimum atomic E-state index is -0.0660. The number of benzene rings is 1. The predicted molar refractivity (Wildman–Crippen MR) is 170 cm³/mol. The molecule has 4 aliphatic carbocycles. The lowest BCUT2D eigenvalue weighted by molar-refractivity contribution is -0.130. The third-order valence-electron chi connectivity index (χ3n) is 13.6. The van der Waals surface area contributed by atoms with Crippen LogP contribution >= 0.6 is 0 Å². The van der Waals surface area contributed by atoms with Crippen molar-refractivity contribution in [3.05, 3.63) is 47.0 Å². The number of ether oxygens (including phenoxy) is 1. The van der Waals surface area contributed by atoms with Crippen LogP contribution in [0.1, 0.15) is 97.5 Å². The van der Waals surface area contributed by atoms with Gasteiger partial charge in [-0.3, -0.25) is 14.5 Å². The molecule has 5 fully saturated rings. The largest absolute Gasteiger partial charge is 0.369 e. The number of likely N-dealkylation sites (tertiary alicyclic amines) is 1. The van der Waals surface area contributed by atoms with Gasteiger partial charge in [-0.05, 0) is 98.9 Å². The third kappa shape index (κ3) is 5.25. The summed E-state index contributed by atoms with van der Waals surface area (Å²) in [5.41, 5.74) is 4.76. The van der Waals surface area contributed by atoms with E-state index >= 15 is 0 Å². The van der Waals surface area contributed by atoms with Crippen LogP contribution in [-0.4, -0.2) is 54.0 Å². The van der Waals surface area contributed by atoms with E-state index in [1.807, 2.05) is 30.3 Å². The Morgan fingerprint density at radius 3 is 2.72 bits per heavy atom. The monoisotopic (exact) mass is 586 g/mol. The van der Waals surface area contributed by atoms with Crippen molar-refractivity contribution in [1.82, 2.24) is 10.2 Å². The molecule has 5 heteroatoms. The maximum absolute atomic E-state index is 12.7. The van der Waals surface area contributed by atoms with Crippen LogP contribution in [0.3, 0.4) is 0 Å². The van der Waals surface area contributed by atoms with Gasteiger partial charge < -0.3 is 10.1 Å². The number of allylic oxidation sites excluding steroid dienone is 1. The average Bonchev–Trinajstić information content (AvgIpc) is 3.44. The summed E-state index contributed by atoms with van der Waals surface area (Å²) in [5, 5.41) is 3.21. The molecule has 234 valence electrons. The number of carbonyl (C=O) groups is 2. The van der Waals surface area contributed by atoms with Crippen molar-refractivity contribution in [2.75, 3.05) is 19.6 Å². The Kier molecular flexibility index (Phi) is 7.90. The van der Waals surface area contributed by atoms with Gasteiger partial charge in [-0.1, -0.05) is 62.2 Å². The van der Waals surface area contributed by atoms with Gasteiger partial charge in [0.25, 0.3) is 0 Å². The molecule has 1 aromatic rings. The number of amides is 1.